The first-order valence-electron chi connectivity index (χ1n) is 11.1. The number of piperidine rings is 1. The molecule has 0 bridgehead atoms. The molecule has 1 saturated heterocycles. The van der Waals surface area contributed by atoms with Gasteiger partial charge in [-0.15, -0.1) is 0 Å². The van der Waals surface area contributed by atoms with Crippen LogP contribution in [0.15, 0.2) is 60.7 Å². The van der Waals surface area contributed by atoms with Crippen LogP contribution < -0.4 is 0 Å². The molecule has 2 aliphatic heterocycles. The first kappa shape index (κ1) is 18.6. The molecule has 2 aromatic heterocycles. The minimum atomic E-state index is -0.0276. The third-order valence-corrected chi connectivity index (χ3v) is 7.40. The van der Waals surface area contributed by atoms with Crippen molar-refractivity contribution in [2.75, 3.05) is 26.7 Å². The number of hydrogen-bond acceptors (Lipinski definition) is 3. The zero-order chi connectivity index (χ0) is 21.0. The van der Waals surface area contributed by atoms with Gasteiger partial charge < -0.3 is 9.88 Å². The van der Waals surface area contributed by atoms with E-state index in [1.54, 1.807) is 0 Å². The molecule has 6 rings (SSSR count). The summed E-state index contributed by atoms with van der Waals surface area (Å²) in [6, 6.07) is 20.4. The Morgan fingerprint density at radius 3 is 2.61 bits per heavy atom. The fraction of sp³-hybridized carbons (Fsp3) is 0.308. The summed E-state index contributed by atoms with van der Waals surface area (Å²) in [5.74, 6) is 0.0379. The molecule has 5 heteroatoms. The Labute approximate surface area is 181 Å². The van der Waals surface area contributed by atoms with Gasteiger partial charge in [-0.25, -0.2) is 4.98 Å². The number of benzene rings is 2. The summed E-state index contributed by atoms with van der Waals surface area (Å²) in [4.78, 5) is 26.1. The number of H-pyrrole nitrogens is 1. The number of nitrogens with one attached hydrogen (secondary N) is 1. The molecule has 4 aromatic rings. The highest BCUT2D eigenvalue weighted by molar-refractivity contribution is 5.95. The van der Waals surface area contributed by atoms with Gasteiger partial charge in [-0.1, -0.05) is 42.5 Å². The number of likely N-dealkylation sites (tertiary alicyclic amines) is 1. The maximum Gasteiger partial charge on any atom is 0.272 e. The Kier molecular flexibility index (Phi) is 4.15. The predicted molar refractivity (Wildman–Crippen MR) is 123 cm³/mol. The Morgan fingerprint density at radius 2 is 1.74 bits per heavy atom. The monoisotopic (exact) mass is 410 g/mol. The molecule has 156 valence electrons. The lowest BCUT2D eigenvalue weighted by atomic mass is 9.78. The van der Waals surface area contributed by atoms with Crippen LogP contribution in [0.4, 0.5) is 0 Å². The van der Waals surface area contributed by atoms with Gasteiger partial charge in [0.05, 0.1) is 11.1 Å². The quantitative estimate of drug-likeness (QED) is 0.508. The van der Waals surface area contributed by atoms with E-state index in [0.29, 0.717) is 5.69 Å². The number of nitrogens with zero attached hydrogens (tertiary/aromatic N) is 3. The first-order valence-corrected chi connectivity index (χ1v) is 11.1. The van der Waals surface area contributed by atoms with Crippen LogP contribution in [0.1, 0.15) is 34.6 Å². The predicted octanol–water partition coefficient (Wildman–Crippen LogP) is 4.34. The Hall–Kier alpha value is -3.18. The molecule has 0 unspecified atom stereocenters. The number of carbonyl (C=O) groups excluding carboxylic acids is 1. The number of amides is 1. The van der Waals surface area contributed by atoms with E-state index in [1.807, 2.05) is 41.3 Å². The van der Waals surface area contributed by atoms with E-state index < -0.39 is 0 Å². The molecule has 1 spiro atoms. The van der Waals surface area contributed by atoms with Crippen LogP contribution in [-0.4, -0.2) is 52.4 Å². The van der Waals surface area contributed by atoms with Crippen LogP contribution in [-0.2, 0) is 12.0 Å². The number of pyridine rings is 1. The van der Waals surface area contributed by atoms with E-state index >= 15 is 0 Å². The minimum Gasteiger partial charge on any atom is -0.357 e. The number of likely N-dealkylation sites (N-methyl/N-ethyl adjacent to an activating group) is 1. The van der Waals surface area contributed by atoms with Crippen molar-refractivity contribution >= 4 is 27.7 Å². The Morgan fingerprint density at radius 1 is 0.968 bits per heavy atom. The molecule has 1 N–H and O–H groups in total. The highest BCUT2D eigenvalue weighted by Crippen LogP contribution is 2.44. The number of aromatic amines is 1. The number of rotatable bonds is 1. The molecule has 0 saturated carbocycles. The largest absolute Gasteiger partial charge is 0.357 e. The summed E-state index contributed by atoms with van der Waals surface area (Å²) < 4.78 is 0. The first-order chi connectivity index (χ1) is 15.2. The summed E-state index contributed by atoms with van der Waals surface area (Å²) in [5, 5.41) is 2.41. The molecule has 1 amide bonds. The van der Waals surface area contributed by atoms with E-state index in [4.69, 9.17) is 0 Å². The molecule has 31 heavy (non-hydrogen) atoms. The van der Waals surface area contributed by atoms with Crippen molar-refractivity contribution in [1.29, 1.82) is 0 Å². The van der Waals surface area contributed by atoms with Crippen molar-refractivity contribution in [3.8, 4) is 0 Å². The van der Waals surface area contributed by atoms with E-state index in [1.165, 1.54) is 22.2 Å². The van der Waals surface area contributed by atoms with Gasteiger partial charge >= 0.3 is 0 Å². The van der Waals surface area contributed by atoms with Crippen molar-refractivity contribution in [3.63, 3.8) is 0 Å². The van der Waals surface area contributed by atoms with Gasteiger partial charge in [0.15, 0.2) is 0 Å². The molecule has 1 fully saturated rings. The normalized spacial score (nSPS) is 18.5. The smallest absolute Gasteiger partial charge is 0.272 e. The topological polar surface area (TPSA) is 52.2 Å². The summed E-state index contributed by atoms with van der Waals surface area (Å²) in [7, 11) is 2.23. The number of para-hydroxylation sites is 2. The number of aromatic nitrogens is 2. The zero-order valence-electron chi connectivity index (χ0n) is 17.8. The lowest BCUT2D eigenvalue weighted by Crippen LogP contribution is -2.55. The average Bonchev–Trinajstić information content (AvgIpc) is 3.21. The number of carbonyl (C=O) groups is 1. The van der Waals surface area contributed by atoms with Gasteiger partial charge in [0.25, 0.3) is 5.91 Å². The highest BCUT2D eigenvalue weighted by atomic mass is 16.2. The van der Waals surface area contributed by atoms with Crippen LogP contribution in [0.25, 0.3) is 21.8 Å². The Balaban J connectivity index is 1.29. The van der Waals surface area contributed by atoms with Gasteiger partial charge in [0, 0.05) is 41.6 Å². The van der Waals surface area contributed by atoms with Gasteiger partial charge in [0.1, 0.15) is 5.69 Å². The average molecular weight is 411 g/mol. The molecule has 0 aliphatic carbocycles. The molecular formula is C26H26N4O. The van der Waals surface area contributed by atoms with Gasteiger partial charge in [-0.05, 0) is 50.1 Å². The van der Waals surface area contributed by atoms with Crippen molar-refractivity contribution in [1.82, 2.24) is 19.8 Å². The molecule has 0 atom stereocenters. The van der Waals surface area contributed by atoms with Crippen molar-refractivity contribution in [2.24, 2.45) is 0 Å². The fourth-order valence-electron chi connectivity index (χ4n) is 5.60. The van der Waals surface area contributed by atoms with Gasteiger partial charge in [-0.2, -0.15) is 0 Å². The molecule has 4 heterocycles. The number of hydrogen-bond donors (Lipinski definition) is 1. The molecule has 0 radical (unpaired) electrons. The standard InChI is InChI=1S/C26H26N4O/c1-29-15-12-20-19-7-3-5-9-22(19)28-24(20)26(29)13-16-30(17-14-26)25(31)23-11-10-18-6-2-4-8-21(18)27-23/h2-11,28H,12-17H2,1H3. The van der Waals surface area contributed by atoms with Crippen molar-refractivity contribution in [3.05, 3.63) is 77.6 Å². The maximum absolute atomic E-state index is 13.2. The summed E-state index contributed by atoms with van der Waals surface area (Å²) in [5.41, 5.74) is 5.43. The van der Waals surface area contributed by atoms with Crippen molar-refractivity contribution < 1.29 is 4.79 Å². The highest BCUT2D eigenvalue weighted by Gasteiger charge is 2.45. The lowest BCUT2D eigenvalue weighted by Gasteiger charge is -2.49. The Bertz CT molecular complexity index is 1300. The van der Waals surface area contributed by atoms with E-state index in [9.17, 15) is 4.79 Å². The minimum absolute atomic E-state index is 0.0276. The SMILES string of the molecule is CN1CCc2c([nH]c3ccccc23)C12CCN(C(=O)c1ccc3ccccc3n1)CC2. The van der Waals surface area contributed by atoms with E-state index in [0.717, 1.165) is 49.8 Å². The second-order valence-corrected chi connectivity index (χ2v) is 8.91. The van der Waals surface area contributed by atoms with Crippen LogP contribution in [0.2, 0.25) is 0 Å². The maximum atomic E-state index is 13.2. The second-order valence-electron chi connectivity index (χ2n) is 8.91. The summed E-state index contributed by atoms with van der Waals surface area (Å²) in [6.45, 7) is 2.54. The van der Waals surface area contributed by atoms with Crippen molar-refractivity contribution in [2.45, 2.75) is 24.8 Å². The van der Waals surface area contributed by atoms with E-state index in [2.05, 4.69) is 46.2 Å². The zero-order valence-corrected chi connectivity index (χ0v) is 17.8. The van der Waals surface area contributed by atoms with Gasteiger partial charge in [0.2, 0.25) is 0 Å². The fourth-order valence-corrected chi connectivity index (χ4v) is 5.60. The van der Waals surface area contributed by atoms with Crippen LogP contribution >= 0.6 is 0 Å². The third-order valence-electron chi connectivity index (χ3n) is 7.40. The number of fused-ring (bicyclic) bond motifs is 5. The molecule has 5 nitrogen and oxygen atoms in total. The summed E-state index contributed by atoms with van der Waals surface area (Å²) in [6.07, 6.45) is 2.94. The molecular weight excluding hydrogens is 384 g/mol. The van der Waals surface area contributed by atoms with Gasteiger partial charge in [-0.3, -0.25) is 9.69 Å². The third kappa shape index (κ3) is 2.80. The molecule has 2 aliphatic rings. The molecule has 2 aromatic carbocycles. The summed E-state index contributed by atoms with van der Waals surface area (Å²) >= 11 is 0. The van der Waals surface area contributed by atoms with Crippen LogP contribution in [0.5, 0.6) is 0 Å². The second kappa shape index (κ2) is 6.92. The lowest BCUT2D eigenvalue weighted by molar-refractivity contribution is 0.0229. The van der Waals surface area contributed by atoms with Crippen LogP contribution in [0.3, 0.4) is 0 Å². The van der Waals surface area contributed by atoms with E-state index in [-0.39, 0.29) is 11.4 Å². The van der Waals surface area contributed by atoms with Crippen LogP contribution in [0, 0.1) is 0 Å².